The van der Waals surface area contributed by atoms with E-state index in [1.54, 1.807) is 23.3 Å². The molecule has 0 radical (unpaired) electrons. The molecule has 1 saturated heterocycles. The van der Waals surface area contributed by atoms with Crippen LogP contribution in [0.2, 0.25) is 0 Å². The van der Waals surface area contributed by atoms with Gasteiger partial charge in [0.1, 0.15) is 30.1 Å². The van der Waals surface area contributed by atoms with Gasteiger partial charge in [-0.3, -0.25) is 4.68 Å². The predicted molar refractivity (Wildman–Crippen MR) is 188 cm³/mol. The molecule has 4 aromatic rings. The molecule has 3 aromatic heterocycles. The summed E-state index contributed by atoms with van der Waals surface area (Å²) in [6.07, 6.45) is 20.2. The first-order valence-corrected chi connectivity index (χ1v) is 17.6. The maximum atomic E-state index is 14.9. The van der Waals surface area contributed by atoms with Crippen LogP contribution in [0.4, 0.5) is 10.1 Å². The molecule has 1 aromatic carbocycles. The van der Waals surface area contributed by atoms with Crippen molar-refractivity contribution in [1.82, 2.24) is 24.3 Å². The number of halogens is 1. The van der Waals surface area contributed by atoms with Crippen molar-refractivity contribution in [1.29, 1.82) is 5.26 Å². The lowest BCUT2D eigenvalue weighted by Gasteiger charge is -2.50. The number of nitriles is 1. The molecule has 0 unspecified atom stereocenters. The van der Waals surface area contributed by atoms with E-state index < -0.39 is 17.3 Å². The zero-order valence-electron chi connectivity index (χ0n) is 29.5. The van der Waals surface area contributed by atoms with E-state index in [1.807, 2.05) is 27.9 Å². The number of esters is 1. The van der Waals surface area contributed by atoms with Crippen molar-refractivity contribution in [3.05, 3.63) is 60.6 Å². The van der Waals surface area contributed by atoms with Crippen LogP contribution in [0.1, 0.15) is 102 Å². The van der Waals surface area contributed by atoms with Crippen molar-refractivity contribution >= 4 is 22.7 Å². The molecule has 0 atom stereocenters. The SMILES string of the molecule is COC(=O)c1ccc(N2CC(CC#N)(n3cc(-c4ncnc5c4ccn5COCCCCCCCCCCCC(C)(C)C)cn3)C2)c(F)c1. The van der Waals surface area contributed by atoms with Crippen molar-refractivity contribution in [3.8, 4) is 17.3 Å². The van der Waals surface area contributed by atoms with E-state index in [1.165, 1.54) is 77.0 Å². The molecule has 262 valence electrons. The lowest BCUT2D eigenvalue weighted by atomic mass is 9.86. The van der Waals surface area contributed by atoms with Gasteiger partial charge in [-0.2, -0.15) is 10.4 Å². The summed E-state index contributed by atoms with van der Waals surface area (Å²) in [5.74, 6) is -1.11. The van der Waals surface area contributed by atoms with E-state index in [2.05, 4.69) is 41.9 Å². The summed E-state index contributed by atoms with van der Waals surface area (Å²) < 4.78 is 29.4. The lowest BCUT2D eigenvalue weighted by molar-refractivity contribution is 0.0600. The first-order valence-electron chi connectivity index (χ1n) is 17.6. The Kier molecular flexibility index (Phi) is 12.0. The van der Waals surface area contributed by atoms with E-state index in [4.69, 9.17) is 9.47 Å². The number of anilines is 1. The zero-order chi connectivity index (χ0) is 34.9. The van der Waals surface area contributed by atoms with Crippen molar-refractivity contribution in [2.24, 2.45) is 5.41 Å². The fourth-order valence-corrected chi connectivity index (χ4v) is 6.63. The normalized spacial score (nSPS) is 14.2. The van der Waals surface area contributed by atoms with Gasteiger partial charge in [-0.1, -0.05) is 72.1 Å². The third-order valence-electron chi connectivity index (χ3n) is 9.43. The zero-order valence-corrected chi connectivity index (χ0v) is 29.5. The molecule has 0 spiro atoms. The van der Waals surface area contributed by atoms with Gasteiger partial charge in [0.2, 0.25) is 0 Å². The van der Waals surface area contributed by atoms with Gasteiger partial charge in [-0.05, 0) is 42.5 Å². The Hall–Kier alpha value is -4.30. The molecular weight excluding hydrogens is 621 g/mol. The van der Waals surface area contributed by atoms with Gasteiger partial charge in [0, 0.05) is 43.0 Å². The second-order valence-corrected chi connectivity index (χ2v) is 14.5. The van der Waals surface area contributed by atoms with Crippen molar-refractivity contribution < 1.29 is 18.7 Å². The van der Waals surface area contributed by atoms with Crippen molar-refractivity contribution in [2.45, 2.75) is 104 Å². The fraction of sp³-hybridized carbons (Fsp3) is 0.553. The molecule has 1 aliphatic rings. The number of carbonyl (C=O) groups excluding carboxylic acids is 1. The third kappa shape index (κ3) is 9.04. The molecular formula is C38H50FN7O3. The number of benzene rings is 1. The number of hydrogen-bond donors (Lipinski definition) is 0. The molecule has 49 heavy (non-hydrogen) atoms. The van der Waals surface area contributed by atoms with Crippen LogP contribution < -0.4 is 4.90 Å². The van der Waals surface area contributed by atoms with Crippen LogP contribution >= 0.6 is 0 Å². The van der Waals surface area contributed by atoms with Crippen LogP contribution in [-0.2, 0) is 21.7 Å². The van der Waals surface area contributed by atoms with Gasteiger partial charge in [0.05, 0.1) is 42.7 Å². The standard InChI is InChI=1S/C38H50FN7O3/c1-37(2,3)17-12-10-8-6-5-7-9-11-13-21-49-28-44-20-16-31-34(41-27-42-35(31)44)30-23-43-46(24-30)38(18-19-40)25-45(26-38)33-15-14-29(22-32(33)39)36(47)48-4/h14-16,20,22-24,27H,5-13,17-18,21,25-26,28H2,1-4H3. The largest absolute Gasteiger partial charge is 0.465 e. The van der Waals surface area contributed by atoms with Crippen molar-refractivity contribution in [3.63, 3.8) is 0 Å². The van der Waals surface area contributed by atoms with Gasteiger partial charge in [-0.15, -0.1) is 0 Å². The monoisotopic (exact) mass is 671 g/mol. The predicted octanol–water partition coefficient (Wildman–Crippen LogP) is 8.27. The number of unbranched alkanes of at least 4 members (excludes halogenated alkanes) is 8. The van der Waals surface area contributed by atoms with E-state index in [0.717, 1.165) is 28.7 Å². The molecule has 0 aliphatic carbocycles. The van der Waals surface area contributed by atoms with Crippen LogP contribution in [-0.4, -0.2) is 57.1 Å². The maximum absolute atomic E-state index is 14.9. The Morgan fingerprint density at radius 1 is 1.02 bits per heavy atom. The van der Waals surface area contributed by atoms with Crippen LogP contribution in [0.3, 0.4) is 0 Å². The summed E-state index contributed by atoms with van der Waals surface area (Å²) in [5, 5.41) is 15.2. The number of hydrogen-bond acceptors (Lipinski definition) is 8. The summed E-state index contributed by atoms with van der Waals surface area (Å²) in [5.41, 5.74) is 2.68. The Morgan fingerprint density at radius 3 is 2.41 bits per heavy atom. The Balaban J connectivity index is 1.10. The highest BCUT2D eigenvalue weighted by atomic mass is 19.1. The number of methoxy groups -OCH3 is 1. The van der Waals surface area contributed by atoms with Gasteiger partial charge < -0.3 is 18.9 Å². The van der Waals surface area contributed by atoms with Crippen molar-refractivity contribution in [2.75, 3.05) is 31.7 Å². The van der Waals surface area contributed by atoms with Gasteiger partial charge in [0.15, 0.2) is 0 Å². The molecule has 0 bridgehead atoms. The molecule has 5 rings (SSSR count). The Morgan fingerprint density at radius 2 is 1.73 bits per heavy atom. The fourth-order valence-electron chi connectivity index (χ4n) is 6.63. The minimum Gasteiger partial charge on any atom is -0.465 e. The van der Waals surface area contributed by atoms with E-state index in [9.17, 15) is 14.4 Å². The van der Waals surface area contributed by atoms with E-state index >= 15 is 0 Å². The van der Waals surface area contributed by atoms with Gasteiger partial charge in [0.25, 0.3) is 0 Å². The quantitative estimate of drug-likeness (QED) is 0.0768. The minimum absolute atomic E-state index is 0.148. The van der Waals surface area contributed by atoms with Gasteiger partial charge in [-0.25, -0.2) is 19.2 Å². The molecule has 0 saturated carbocycles. The molecule has 4 heterocycles. The third-order valence-corrected chi connectivity index (χ3v) is 9.43. The topological polar surface area (TPSA) is 111 Å². The number of aromatic nitrogens is 5. The second-order valence-electron chi connectivity index (χ2n) is 14.5. The molecule has 0 N–H and O–H groups in total. The van der Waals surface area contributed by atoms with Crippen LogP contribution in [0.15, 0.2) is 49.2 Å². The highest BCUT2D eigenvalue weighted by Crippen LogP contribution is 2.38. The summed E-state index contributed by atoms with van der Waals surface area (Å²) in [6, 6.07) is 8.55. The second kappa shape index (κ2) is 16.4. The van der Waals surface area contributed by atoms with Gasteiger partial charge >= 0.3 is 5.97 Å². The highest BCUT2D eigenvalue weighted by molar-refractivity contribution is 5.91. The smallest absolute Gasteiger partial charge is 0.337 e. The molecule has 1 aliphatic heterocycles. The summed E-state index contributed by atoms with van der Waals surface area (Å²) in [4.78, 5) is 22.7. The summed E-state index contributed by atoms with van der Waals surface area (Å²) in [7, 11) is 1.26. The first kappa shape index (κ1) is 36.0. The first-order chi connectivity index (χ1) is 23.6. The summed E-state index contributed by atoms with van der Waals surface area (Å²) >= 11 is 0. The van der Waals surface area contributed by atoms with E-state index in [-0.39, 0.29) is 12.0 Å². The van der Waals surface area contributed by atoms with E-state index in [0.29, 0.717) is 37.5 Å². The average Bonchev–Trinajstić information content (AvgIpc) is 3.72. The minimum atomic E-state index is -0.627. The number of ether oxygens (including phenoxy) is 2. The summed E-state index contributed by atoms with van der Waals surface area (Å²) in [6.45, 7) is 8.89. The Labute approximate surface area is 289 Å². The highest BCUT2D eigenvalue weighted by Gasteiger charge is 2.46. The molecule has 10 nitrogen and oxygen atoms in total. The van der Waals surface area contributed by atoms with Crippen LogP contribution in [0.5, 0.6) is 0 Å². The van der Waals surface area contributed by atoms with Crippen LogP contribution in [0.25, 0.3) is 22.3 Å². The van der Waals surface area contributed by atoms with Crippen LogP contribution in [0, 0.1) is 22.6 Å². The molecule has 1 fully saturated rings. The lowest BCUT2D eigenvalue weighted by Crippen LogP contribution is -2.63. The molecule has 11 heteroatoms. The number of carbonyl (C=O) groups is 1. The number of nitrogens with zero attached hydrogens (tertiary/aromatic N) is 7. The number of fused-ring (bicyclic) bond motifs is 1. The molecule has 0 amide bonds. The maximum Gasteiger partial charge on any atom is 0.337 e. The average molecular weight is 672 g/mol. The number of rotatable bonds is 18. The Bertz CT molecular complexity index is 1730.